The first kappa shape index (κ1) is 15.7. The van der Waals surface area contributed by atoms with E-state index in [0.29, 0.717) is 0 Å². The van der Waals surface area contributed by atoms with Gasteiger partial charge in [-0.1, -0.05) is 12.1 Å². The topological polar surface area (TPSA) is 78.3 Å². The Kier molecular flexibility index (Phi) is 4.76. The Morgan fingerprint density at radius 3 is 2.70 bits per heavy atom. The predicted molar refractivity (Wildman–Crippen MR) is 87.8 cm³/mol. The maximum Gasteiger partial charge on any atom is 0.254 e. The number of aryl methyl sites for hydroxylation is 2. The van der Waals surface area contributed by atoms with Gasteiger partial charge in [0.25, 0.3) is 5.56 Å². The molecule has 0 amide bonds. The number of nitrogens with one attached hydrogen (secondary N) is 1. The van der Waals surface area contributed by atoms with Crippen LogP contribution in [0.2, 0.25) is 0 Å². The number of anilines is 1. The highest BCUT2D eigenvalue weighted by Gasteiger charge is 2.19. The van der Waals surface area contributed by atoms with Crippen LogP contribution in [0, 0.1) is 6.92 Å². The van der Waals surface area contributed by atoms with Gasteiger partial charge in [0.2, 0.25) is 0 Å². The van der Waals surface area contributed by atoms with Gasteiger partial charge in [-0.15, -0.1) is 0 Å². The van der Waals surface area contributed by atoms with Gasteiger partial charge in [-0.2, -0.15) is 0 Å². The zero-order chi connectivity index (χ0) is 16.2. The minimum Gasteiger partial charge on any atom is -0.363 e. The summed E-state index contributed by atoms with van der Waals surface area (Å²) in [7, 11) is 0. The molecule has 0 unspecified atom stereocenters. The van der Waals surface area contributed by atoms with E-state index in [-0.39, 0.29) is 5.56 Å². The largest absolute Gasteiger partial charge is 0.363 e. The lowest BCUT2D eigenvalue weighted by molar-refractivity contribution is 0.259. The Bertz CT molecular complexity index is 687. The molecule has 0 aliphatic carbocycles. The minimum absolute atomic E-state index is 0.00980. The zero-order valence-corrected chi connectivity index (χ0v) is 13.7. The van der Waals surface area contributed by atoms with Crippen molar-refractivity contribution in [3.8, 4) is 0 Å². The van der Waals surface area contributed by atoms with E-state index >= 15 is 0 Å². The number of piperazine rings is 1. The van der Waals surface area contributed by atoms with Gasteiger partial charge in [-0.3, -0.25) is 9.69 Å². The minimum atomic E-state index is 0.00980. The van der Waals surface area contributed by atoms with Crippen LogP contribution in [0.1, 0.15) is 24.0 Å². The highest BCUT2D eigenvalue weighted by atomic mass is 16.5. The lowest BCUT2D eigenvalue weighted by Gasteiger charge is -2.34. The lowest BCUT2D eigenvalue weighted by Crippen LogP contribution is -2.47. The summed E-state index contributed by atoms with van der Waals surface area (Å²) in [4.78, 5) is 24.1. The van der Waals surface area contributed by atoms with E-state index in [9.17, 15) is 4.79 Å². The Balaban J connectivity index is 1.55. The summed E-state index contributed by atoms with van der Waals surface area (Å²) in [5, 5.41) is 3.98. The normalized spacial score (nSPS) is 16.0. The van der Waals surface area contributed by atoms with Crippen molar-refractivity contribution in [2.75, 3.05) is 37.6 Å². The van der Waals surface area contributed by atoms with Gasteiger partial charge in [0.15, 0.2) is 5.82 Å². The molecule has 7 heteroatoms. The molecule has 2 aromatic heterocycles. The molecule has 1 aliphatic rings. The van der Waals surface area contributed by atoms with Gasteiger partial charge in [0.05, 0.1) is 0 Å². The zero-order valence-electron chi connectivity index (χ0n) is 13.7. The fourth-order valence-corrected chi connectivity index (χ4v) is 2.97. The van der Waals surface area contributed by atoms with Gasteiger partial charge < -0.3 is 14.4 Å². The molecule has 3 rings (SSSR count). The Morgan fingerprint density at radius 1 is 1.30 bits per heavy atom. The van der Waals surface area contributed by atoms with E-state index in [2.05, 4.69) is 24.9 Å². The van der Waals surface area contributed by atoms with E-state index in [1.807, 2.05) is 19.9 Å². The van der Waals surface area contributed by atoms with E-state index in [1.54, 1.807) is 6.26 Å². The molecule has 1 N–H and O–H groups in total. The summed E-state index contributed by atoms with van der Waals surface area (Å²) < 4.78 is 4.89. The van der Waals surface area contributed by atoms with Gasteiger partial charge in [0.1, 0.15) is 12.1 Å². The molecule has 0 bridgehead atoms. The summed E-state index contributed by atoms with van der Waals surface area (Å²) in [6.45, 7) is 8.57. The lowest BCUT2D eigenvalue weighted by atomic mass is 10.1. The molecule has 1 fully saturated rings. The van der Waals surface area contributed by atoms with Crippen molar-refractivity contribution in [1.82, 2.24) is 20.0 Å². The summed E-state index contributed by atoms with van der Waals surface area (Å²) in [6, 6.07) is 1.89. The van der Waals surface area contributed by atoms with Crippen molar-refractivity contribution in [2.24, 2.45) is 0 Å². The molecule has 0 saturated carbocycles. The van der Waals surface area contributed by atoms with E-state index in [4.69, 9.17) is 4.52 Å². The second-order valence-corrected chi connectivity index (χ2v) is 5.87. The van der Waals surface area contributed by atoms with Crippen molar-refractivity contribution in [3.05, 3.63) is 39.8 Å². The van der Waals surface area contributed by atoms with Crippen LogP contribution in [-0.4, -0.2) is 52.7 Å². The number of hydrogen-bond donors (Lipinski definition) is 1. The molecule has 0 spiro atoms. The van der Waals surface area contributed by atoms with Crippen molar-refractivity contribution >= 4 is 5.82 Å². The van der Waals surface area contributed by atoms with Gasteiger partial charge in [0, 0.05) is 56.5 Å². The average molecular weight is 317 g/mol. The van der Waals surface area contributed by atoms with Crippen molar-refractivity contribution in [2.45, 2.75) is 26.7 Å². The monoisotopic (exact) mass is 317 g/mol. The number of aromatic nitrogens is 3. The molecular weight excluding hydrogens is 294 g/mol. The summed E-state index contributed by atoms with van der Waals surface area (Å²) in [6.07, 6.45) is 3.09. The van der Waals surface area contributed by atoms with E-state index in [1.165, 1.54) is 0 Å². The summed E-state index contributed by atoms with van der Waals surface area (Å²) >= 11 is 0. The van der Waals surface area contributed by atoms with Crippen molar-refractivity contribution in [3.63, 3.8) is 0 Å². The molecule has 1 aliphatic heterocycles. The maximum atomic E-state index is 12.2. The number of aromatic amines is 1. The molecule has 23 heavy (non-hydrogen) atoms. The second-order valence-electron chi connectivity index (χ2n) is 5.87. The number of rotatable bonds is 5. The fourth-order valence-electron chi connectivity index (χ4n) is 2.97. The Morgan fingerprint density at radius 2 is 2.09 bits per heavy atom. The van der Waals surface area contributed by atoms with E-state index < -0.39 is 0 Å². The van der Waals surface area contributed by atoms with Crippen LogP contribution in [0.4, 0.5) is 5.82 Å². The SMILES string of the molecule is CCc1nc(C)c(CCN2CCN(c3ccon3)CC2)c(=O)[nH]1. The first-order chi connectivity index (χ1) is 11.2. The van der Waals surface area contributed by atoms with Crippen LogP contribution in [0.15, 0.2) is 21.6 Å². The molecule has 1 saturated heterocycles. The first-order valence-corrected chi connectivity index (χ1v) is 8.13. The Hall–Kier alpha value is -2.15. The molecule has 0 aromatic carbocycles. The van der Waals surface area contributed by atoms with Crippen LogP contribution < -0.4 is 10.5 Å². The van der Waals surface area contributed by atoms with Crippen LogP contribution in [0.25, 0.3) is 0 Å². The van der Waals surface area contributed by atoms with Crippen LogP contribution >= 0.6 is 0 Å². The average Bonchev–Trinajstić information content (AvgIpc) is 3.09. The smallest absolute Gasteiger partial charge is 0.254 e. The molecule has 124 valence electrons. The molecule has 7 nitrogen and oxygen atoms in total. The van der Waals surface area contributed by atoms with Crippen molar-refractivity contribution < 1.29 is 4.52 Å². The summed E-state index contributed by atoms with van der Waals surface area (Å²) in [5.41, 5.74) is 1.67. The van der Waals surface area contributed by atoms with Crippen LogP contribution in [-0.2, 0) is 12.8 Å². The predicted octanol–water partition coefficient (Wildman–Crippen LogP) is 0.993. The highest BCUT2D eigenvalue weighted by Crippen LogP contribution is 2.13. The second kappa shape index (κ2) is 6.95. The van der Waals surface area contributed by atoms with Crippen LogP contribution in [0.3, 0.4) is 0 Å². The first-order valence-electron chi connectivity index (χ1n) is 8.13. The van der Waals surface area contributed by atoms with Gasteiger partial charge in [-0.05, 0) is 13.3 Å². The Labute approximate surface area is 135 Å². The highest BCUT2D eigenvalue weighted by molar-refractivity contribution is 5.36. The molecule has 0 atom stereocenters. The molecular formula is C16H23N5O2. The quantitative estimate of drug-likeness (QED) is 0.886. The fraction of sp³-hybridized carbons (Fsp3) is 0.562. The van der Waals surface area contributed by atoms with Crippen LogP contribution in [0.5, 0.6) is 0 Å². The van der Waals surface area contributed by atoms with E-state index in [0.717, 1.165) is 68.5 Å². The molecule has 3 heterocycles. The third kappa shape index (κ3) is 3.61. The molecule has 0 radical (unpaired) electrons. The van der Waals surface area contributed by atoms with Gasteiger partial charge >= 0.3 is 0 Å². The number of nitrogens with zero attached hydrogens (tertiary/aromatic N) is 4. The van der Waals surface area contributed by atoms with Gasteiger partial charge in [-0.25, -0.2) is 4.98 Å². The maximum absolute atomic E-state index is 12.2. The van der Waals surface area contributed by atoms with Crippen molar-refractivity contribution in [1.29, 1.82) is 0 Å². The number of H-pyrrole nitrogens is 1. The standard InChI is InChI=1S/C16H23N5O2/c1-3-14-17-12(2)13(16(22)18-14)4-6-20-7-9-21(10-8-20)15-5-11-23-19-15/h5,11H,3-4,6-10H2,1-2H3,(H,17,18,22). The number of hydrogen-bond acceptors (Lipinski definition) is 6. The summed E-state index contributed by atoms with van der Waals surface area (Å²) in [5.74, 6) is 1.66. The third-order valence-corrected chi connectivity index (χ3v) is 4.40. The molecule has 2 aromatic rings. The third-order valence-electron chi connectivity index (χ3n) is 4.40.